The van der Waals surface area contributed by atoms with Crippen molar-refractivity contribution >= 4 is 11.5 Å². The number of allylic oxidation sites excluding steroid dienone is 3. The third-order valence-corrected chi connectivity index (χ3v) is 6.08. The summed E-state index contributed by atoms with van der Waals surface area (Å²) in [5, 5.41) is 20.1. The number of ether oxygens (including phenoxy) is 1. The Bertz CT molecular complexity index is 1250. The third-order valence-electron chi connectivity index (χ3n) is 6.08. The van der Waals surface area contributed by atoms with Crippen molar-refractivity contribution in [3.63, 3.8) is 0 Å². The zero-order valence-corrected chi connectivity index (χ0v) is 18.4. The summed E-state index contributed by atoms with van der Waals surface area (Å²) in [4.78, 5) is 14.6. The number of hydrogen-bond donors (Lipinski definition) is 2. The number of ketones is 1. The minimum atomic E-state index is -0.866. The van der Waals surface area contributed by atoms with Crippen molar-refractivity contribution in [2.24, 2.45) is 11.1 Å². The Morgan fingerprint density at radius 2 is 1.88 bits per heavy atom. The molecule has 0 unspecified atom stereocenters. The van der Waals surface area contributed by atoms with E-state index < -0.39 is 28.7 Å². The zero-order chi connectivity index (χ0) is 24.1. The minimum absolute atomic E-state index is 0.0165. The van der Waals surface area contributed by atoms with Crippen molar-refractivity contribution in [2.45, 2.75) is 32.6 Å². The number of hydrogen-bond acceptors (Lipinski definition) is 6. The van der Waals surface area contributed by atoms with E-state index in [1.54, 1.807) is 6.07 Å². The van der Waals surface area contributed by atoms with Crippen LogP contribution in [0.25, 0.3) is 0 Å². The maximum atomic E-state index is 14.9. The van der Waals surface area contributed by atoms with Gasteiger partial charge in [-0.2, -0.15) is 5.26 Å². The molecule has 0 bridgehead atoms. The van der Waals surface area contributed by atoms with Crippen molar-refractivity contribution in [3.8, 4) is 17.6 Å². The minimum Gasteiger partial charge on any atom is -0.504 e. The molecule has 4 rings (SSSR count). The molecule has 8 heteroatoms. The second-order valence-corrected chi connectivity index (χ2v) is 8.98. The summed E-state index contributed by atoms with van der Waals surface area (Å²) in [6.45, 7) is 3.78. The number of anilines is 1. The highest BCUT2D eigenvalue weighted by atomic mass is 19.1. The number of halogens is 2. The van der Waals surface area contributed by atoms with Crippen molar-refractivity contribution in [3.05, 3.63) is 76.3 Å². The van der Waals surface area contributed by atoms with Crippen molar-refractivity contribution in [1.29, 1.82) is 5.26 Å². The van der Waals surface area contributed by atoms with E-state index in [0.29, 0.717) is 17.7 Å². The van der Waals surface area contributed by atoms with Gasteiger partial charge in [-0.1, -0.05) is 26.0 Å². The fraction of sp³-hybridized carbons (Fsp3) is 0.280. The van der Waals surface area contributed by atoms with Gasteiger partial charge in [0.25, 0.3) is 0 Å². The highest BCUT2D eigenvalue weighted by Crippen LogP contribution is 2.51. The summed E-state index contributed by atoms with van der Waals surface area (Å²) in [7, 11) is 1.39. The number of rotatable bonds is 3. The molecule has 2 aromatic rings. The number of nitriles is 1. The van der Waals surface area contributed by atoms with Crippen molar-refractivity contribution < 1.29 is 23.4 Å². The normalized spacial score (nSPS) is 19.9. The molecule has 1 aliphatic carbocycles. The number of phenolic OH excluding ortho intramolecular Hbond substituents is 1. The van der Waals surface area contributed by atoms with E-state index in [1.807, 2.05) is 19.9 Å². The lowest BCUT2D eigenvalue weighted by atomic mass is 9.68. The molecule has 0 fully saturated rings. The van der Waals surface area contributed by atoms with Gasteiger partial charge >= 0.3 is 0 Å². The predicted molar refractivity (Wildman–Crippen MR) is 118 cm³/mol. The van der Waals surface area contributed by atoms with Crippen LogP contribution in [0.3, 0.4) is 0 Å². The first-order valence-corrected chi connectivity index (χ1v) is 10.4. The Balaban J connectivity index is 2.05. The summed E-state index contributed by atoms with van der Waals surface area (Å²) >= 11 is 0. The third kappa shape index (κ3) is 3.59. The average molecular weight is 451 g/mol. The molecule has 33 heavy (non-hydrogen) atoms. The van der Waals surface area contributed by atoms with E-state index in [-0.39, 0.29) is 40.7 Å². The van der Waals surface area contributed by atoms with E-state index in [4.69, 9.17) is 10.5 Å². The topological polar surface area (TPSA) is 99.6 Å². The molecule has 2 aromatic carbocycles. The quantitative estimate of drug-likeness (QED) is 0.707. The molecule has 0 radical (unpaired) electrons. The van der Waals surface area contributed by atoms with E-state index in [2.05, 4.69) is 0 Å². The first-order valence-electron chi connectivity index (χ1n) is 10.4. The molecular weight excluding hydrogens is 428 g/mol. The van der Waals surface area contributed by atoms with Gasteiger partial charge < -0.3 is 15.6 Å². The number of carbonyl (C=O) groups is 1. The molecule has 0 aromatic heterocycles. The molecule has 1 heterocycles. The van der Waals surface area contributed by atoms with Gasteiger partial charge in [-0.25, -0.2) is 8.78 Å². The Kier molecular flexibility index (Phi) is 5.36. The molecule has 0 saturated heterocycles. The number of Topliss-reactive ketones (excluding diaryl/α,β-unsaturated/α-hetero) is 1. The number of methoxy groups -OCH3 is 1. The van der Waals surface area contributed by atoms with Gasteiger partial charge in [0.05, 0.1) is 24.7 Å². The van der Waals surface area contributed by atoms with Crippen LogP contribution in [0.15, 0.2) is 59.1 Å². The fourth-order valence-corrected chi connectivity index (χ4v) is 4.67. The molecule has 3 N–H and O–H groups in total. The van der Waals surface area contributed by atoms with Crippen LogP contribution < -0.4 is 15.4 Å². The predicted octanol–water partition coefficient (Wildman–Crippen LogP) is 4.62. The SMILES string of the molecule is COc1cc([C@H]2C(C#N)=C(N)N(c3c(F)cccc3F)C3=C2C(=O)CC(C)(C)C3)ccc1O. The number of nitrogens with two attached hydrogens (primary N) is 1. The standard InChI is InChI=1S/C25H23F2N3O3/c1-25(2)10-17-22(19(32)11-25)21(13-7-8-18(31)20(9-13)33-3)14(12-28)24(29)30(17)23-15(26)5-4-6-16(23)27/h4-9,21,31H,10-11,29H2,1-3H3/t21-/m0/s1. The second-order valence-electron chi connectivity index (χ2n) is 8.98. The molecule has 170 valence electrons. The maximum Gasteiger partial charge on any atom is 0.162 e. The highest BCUT2D eigenvalue weighted by molar-refractivity contribution is 6.01. The lowest BCUT2D eigenvalue weighted by Crippen LogP contribution is -2.42. The largest absolute Gasteiger partial charge is 0.504 e. The Hall–Kier alpha value is -3.86. The van der Waals surface area contributed by atoms with Crippen LogP contribution in [0.2, 0.25) is 0 Å². The number of carbonyl (C=O) groups excluding carboxylic acids is 1. The Morgan fingerprint density at radius 1 is 1.21 bits per heavy atom. The smallest absolute Gasteiger partial charge is 0.162 e. The monoisotopic (exact) mass is 451 g/mol. The molecule has 2 aliphatic rings. The van der Waals surface area contributed by atoms with Gasteiger partial charge in [0.2, 0.25) is 0 Å². The number of nitrogens with zero attached hydrogens (tertiary/aromatic N) is 2. The highest BCUT2D eigenvalue weighted by Gasteiger charge is 2.45. The molecule has 0 amide bonds. The van der Waals surface area contributed by atoms with Gasteiger partial charge in [0, 0.05) is 17.7 Å². The molecular formula is C25H23F2N3O3. The molecule has 0 spiro atoms. The van der Waals surface area contributed by atoms with Crippen LogP contribution in [0, 0.1) is 28.4 Å². The van der Waals surface area contributed by atoms with Crippen LogP contribution in [0.5, 0.6) is 11.5 Å². The van der Waals surface area contributed by atoms with Crippen molar-refractivity contribution in [1.82, 2.24) is 0 Å². The summed E-state index contributed by atoms with van der Waals surface area (Å²) in [5.74, 6) is -2.91. The van der Waals surface area contributed by atoms with Crippen LogP contribution in [0.1, 0.15) is 38.2 Å². The molecule has 1 aliphatic heterocycles. The Morgan fingerprint density at radius 3 is 2.48 bits per heavy atom. The number of phenols is 1. The Labute approximate surface area is 190 Å². The number of para-hydroxylation sites is 1. The average Bonchev–Trinajstić information content (AvgIpc) is 2.74. The van der Waals surface area contributed by atoms with Gasteiger partial charge in [-0.15, -0.1) is 0 Å². The van der Waals surface area contributed by atoms with E-state index in [1.165, 1.54) is 30.2 Å². The van der Waals surface area contributed by atoms with E-state index in [9.17, 15) is 23.9 Å². The van der Waals surface area contributed by atoms with Crippen molar-refractivity contribution in [2.75, 3.05) is 12.0 Å². The fourth-order valence-electron chi connectivity index (χ4n) is 4.67. The molecule has 1 atom stereocenters. The first-order chi connectivity index (χ1) is 15.6. The number of benzene rings is 2. The van der Waals surface area contributed by atoms with Gasteiger partial charge in [-0.05, 0) is 41.7 Å². The molecule has 0 saturated carbocycles. The van der Waals surface area contributed by atoms with Crippen LogP contribution in [-0.2, 0) is 4.79 Å². The summed E-state index contributed by atoms with van der Waals surface area (Å²) in [6, 6.07) is 9.99. The van der Waals surface area contributed by atoms with Gasteiger partial charge in [0.1, 0.15) is 23.1 Å². The first kappa shape index (κ1) is 22.3. The second kappa shape index (κ2) is 7.93. The van der Waals surface area contributed by atoms with E-state index >= 15 is 0 Å². The summed E-state index contributed by atoms with van der Waals surface area (Å²) < 4.78 is 34.9. The van der Waals surface area contributed by atoms with Crippen LogP contribution in [-0.4, -0.2) is 18.0 Å². The lowest BCUT2D eigenvalue weighted by Gasteiger charge is -2.43. The zero-order valence-electron chi connectivity index (χ0n) is 18.4. The summed E-state index contributed by atoms with van der Waals surface area (Å²) in [6.07, 6.45) is 0.511. The van der Waals surface area contributed by atoms with E-state index in [0.717, 1.165) is 12.1 Å². The van der Waals surface area contributed by atoms with Gasteiger partial charge in [-0.3, -0.25) is 9.69 Å². The maximum absolute atomic E-state index is 14.9. The summed E-state index contributed by atoms with van der Waals surface area (Å²) in [5.41, 5.74) is 6.58. The van der Waals surface area contributed by atoms with Crippen LogP contribution >= 0.6 is 0 Å². The number of aromatic hydroxyl groups is 1. The molecule has 6 nitrogen and oxygen atoms in total. The van der Waals surface area contributed by atoms with Crippen LogP contribution in [0.4, 0.5) is 14.5 Å². The van der Waals surface area contributed by atoms with Gasteiger partial charge in [0.15, 0.2) is 17.3 Å². The lowest BCUT2D eigenvalue weighted by molar-refractivity contribution is -0.118.